The molecule has 0 bridgehead atoms. The molecule has 0 unspecified atom stereocenters. The number of pyridine rings is 1. The van der Waals surface area contributed by atoms with Crippen LogP contribution in [0.25, 0.3) is 11.0 Å². The molecule has 1 N–H and O–H groups in total. The van der Waals surface area contributed by atoms with E-state index in [4.69, 9.17) is 4.74 Å². The summed E-state index contributed by atoms with van der Waals surface area (Å²) in [5.41, 5.74) is 3.34. The van der Waals surface area contributed by atoms with Crippen LogP contribution >= 0.6 is 0 Å². The normalized spacial score (nSPS) is 15.2. The Kier molecular flexibility index (Phi) is 4.97. The van der Waals surface area contributed by atoms with Crippen LogP contribution in [0.15, 0.2) is 42.6 Å². The van der Waals surface area contributed by atoms with Gasteiger partial charge in [-0.15, -0.1) is 5.10 Å². The van der Waals surface area contributed by atoms with Gasteiger partial charge in [0.1, 0.15) is 5.52 Å². The molecule has 1 aliphatic heterocycles. The number of urea groups is 1. The van der Waals surface area contributed by atoms with Gasteiger partial charge in [0.05, 0.1) is 23.9 Å². The molecule has 3 aromatic rings. The molecule has 0 aliphatic carbocycles. The minimum absolute atomic E-state index is 0.0959. The first-order chi connectivity index (χ1) is 13.2. The number of aryl methyl sites for hydroxylation is 1. The summed E-state index contributed by atoms with van der Waals surface area (Å²) in [4.78, 5) is 18.6. The van der Waals surface area contributed by atoms with Gasteiger partial charge in [-0.2, -0.15) is 0 Å². The fraction of sp³-hybridized carbons (Fsp3) is 0.368. The van der Waals surface area contributed by atoms with Crippen molar-refractivity contribution in [2.24, 2.45) is 7.05 Å². The van der Waals surface area contributed by atoms with Gasteiger partial charge in [0.25, 0.3) is 0 Å². The van der Waals surface area contributed by atoms with Crippen molar-refractivity contribution < 1.29 is 9.53 Å². The second-order valence-electron chi connectivity index (χ2n) is 6.67. The monoisotopic (exact) mass is 366 g/mol. The van der Waals surface area contributed by atoms with Crippen molar-refractivity contribution in [1.29, 1.82) is 0 Å². The maximum absolute atomic E-state index is 12.5. The van der Waals surface area contributed by atoms with E-state index < -0.39 is 0 Å². The van der Waals surface area contributed by atoms with Gasteiger partial charge in [-0.25, -0.2) is 9.48 Å². The van der Waals surface area contributed by atoms with E-state index in [0.717, 1.165) is 35.3 Å². The molecular weight excluding hydrogens is 344 g/mol. The summed E-state index contributed by atoms with van der Waals surface area (Å²) in [7, 11) is 1.84. The van der Waals surface area contributed by atoms with Crippen LogP contribution in [0.2, 0.25) is 0 Å². The molecule has 0 spiro atoms. The van der Waals surface area contributed by atoms with Crippen molar-refractivity contribution in [2.45, 2.75) is 25.6 Å². The number of amides is 2. The first-order valence-electron chi connectivity index (χ1n) is 9.06. The first-order valence-corrected chi connectivity index (χ1v) is 9.06. The van der Waals surface area contributed by atoms with Gasteiger partial charge < -0.3 is 15.0 Å². The number of benzene rings is 1. The summed E-state index contributed by atoms with van der Waals surface area (Å²) >= 11 is 0. The van der Waals surface area contributed by atoms with Crippen molar-refractivity contribution >= 4 is 22.8 Å². The lowest BCUT2D eigenvalue weighted by atomic mass is 10.1. The lowest BCUT2D eigenvalue weighted by Crippen LogP contribution is -2.43. The van der Waals surface area contributed by atoms with E-state index in [1.165, 1.54) is 0 Å². The number of rotatable bonds is 4. The zero-order chi connectivity index (χ0) is 18.6. The second-order valence-corrected chi connectivity index (χ2v) is 6.67. The highest BCUT2D eigenvalue weighted by Crippen LogP contribution is 2.19. The fourth-order valence-corrected chi connectivity index (χ4v) is 3.23. The van der Waals surface area contributed by atoms with Crippen molar-refractivity contribution in [3.8, 4) is 0 Å². The molecule has 2 aromatic heterocycles. The molecule has 140 valence electrons. The zero-order valence-electron chi connectivity index (χ0n) is 15.2. The molecule has 2 amide bonds. The third kappa shape index (κ3) is 4.06. The topological polar surface area (TPSA) is 85.2 Å². The zero-order valence-corrected chi connectivity index (χ0v) is 15.2. The Balaban J connectivity index is 1.27. The Hall–Kier alpha value is -3.00. The number of nitrogens with zero attached hydrogens (tertiary/aromatic N) is 5. The van der Waals surface area contributed by atoms with Crippen molar-refractivity contribution in [3.63, 3.8) is 0 Å². The molecule has 0 atom stereocenters. The molecule has 1 saturated heterocycles. The molecule has 8 nitrogen and oxygen atoms in total. The molecular formula is C19H22N6O2. The predicted octanol–water partition coefficient (Wildman–Crippen LogP) is 2.58. The number of carbonyl (C=O) groups excluding carboxylic acids is 1. The summed E-state index contributed by atoms with van der Waals surface area (Å²) in [6.45, 7) is 1.86. The summed E-state index contributed by atoms with van der Waals surface area (Å²) in [6, 6.07) is 11.3. The van der Waals surface area contributed by atoms with Crippen LogP contribution in [0.1, 0.15) is 18.5 Å². The molecule has 1 fully saturated rings. The SMILES string of the molecule is Cn1nnc2cc(NC(=O)N3CCC(OCc4ccccn4)CC3)ccc21. The minimum atomic E-state index is -0.0959. The summed E-state index contributed by atoms with van der Waals surface area (Å²) < 4.78 is 7.63. The highest BCUT2D eigenvalue weighted by molar-refractivity contribution is 5.91. The van der Waals surface area contributed by atoms with Crippen LogP contribution in [0.4, 0.5) is 10.5 Å². The standard InChI is InChI=1S/C19H22N6O2/c1-24-18-6-5-14(12-17(18)22-23-24)21-19(26)25-10-7-16(8-11-25)27-13-15-4-2-3-9-20-15/h2-6,9,12,16H,7-8,10-11,13H2,1H3,(H,21,26). The predicted molar refractivity (Wildman–Crippen MR) is 101 cm³/mol. The van der Waals surface area contributed by atoms with Gasteiger partial charge in [-0.1, -0.05) is 11.3 Å². The highest BCUT2D eigenvalue weighted by atomic mass is 16.5. The van der Waals surface area contributed by atoms with Crippen LogP contribution in [0.3, 0.4) is 0 Å². The van der Waals surface area contributed by atoms with Crippen molar-refractivity contribution in [2.75, 3.05) is 18.4 Å². The van der Waals surface area contributed by atoms with Gasteiger partial charge in [0.15, 0.2) is 0 Å². The Labute approximate surface area is 157 Å². The van der Waals surface area contributed by atoms with Gasteiger partial charge in [-0.05, 0) is 43.2 Å². The number of hydrogen-bond acceptors (Lipinski definition) is 5. The van der Waals surface area contributed by atoms with E-state index in [0.29, 0.717) is 19.7 Å². The largest absolute Gasteiger partial charge is 0.372 e. The second kappa shape index (κ2) is 7.71. The van der Waals surface area contributed by atoms with Gasteiger partial charge in [-0.3, -0.25) is 4.98 Å². The molecule has 1 aliphatic rings. The Bertz CT molecular complexity index is 918. The quantitative estimate of drug-likeness (QED) is 0.767. The number of anilines is 1. The van der Waals surface area contributed by atoms with Crippen molar-refractivity contribution in [3.05, 3.63) is 48.3 Å². The Morgan fingerprint density at radius 3 is 2.89 bits per heavy atom. The molecule has 3 heterocycles. The molecule has 0 radical (unpaired) electrons. The van der Waals surface area contributed by atoms with Crippen LogP contribution in [-0.2, 0) is 18.4 Å². The number of piperidine rings is 1. The maximum atomic E-state index is 12.5. The fourth-order valence-electron chi connectivity index (χ4n) is 3.23. The third-order valence-electron chi connectivity index (χ3n) is 4.78. The molecule has 8 heteroatoms. The van der Waals surface area contributed by atoms with E-state index in [9.17, 15) is 4.79 Å². The van der Waals surface area contributed by atoms with Crippen LogP contribution in [0.5, 0.6) is 0 Å². The number of hydrogen-bond donors (Lipinski definition) is 1. The van der Waals surface area contributed by atoms with Crippen molar-refractivity contribution in [1.82, 2.24) is 24.9 Å². The first kappa shape index (κ1) is 17.4. The Morgan fingerprint density at radius 2 is 2.11 bits per heavy atom. The number of carbonyl (C=O) groups is 1. The van der Waals surface area contributed by atoms with E-state index in [1.807, 2.05) is 48.3 Å². The van der Waals surface area contributed by atoms with Crippen LogP contribution in [-0.4, -0.2) is 50.1 Å². The average molecular weight is 366 g/mol. The van der Waals surface area contributed by atoms with Gasteiger partial charge in [0.2, 0.25) is 0 Å². The highest BCUT2D eigenvalue weighted by Gasteiger charge is 2.23. The van der Waals surface area contributed by atoms with E-state index in [1.54, 1.807) is 10.9 Å². The number of nitrogens with one attached hydrogen (secondary N) is 1. The number of likely N-dealkylation sites (tertiary alicyclic amines) is 1. The molecule has 0 saturated carbocycles. The number of fused-ring (bicyclic) bond motifs is 1. The minimum Gasteiger partial charge on any atom is -0.372 e. The smallest absolute Gasteiger partial charge is 0.321 e. The molecule has 4 rings (SSSR count). The van der Waals surface area contributed by atoms with E-state index in [-0.39, 0.29) is 12.1 Å². The number of aromatic nitrogens is 4. The molecule has 27 heavy (non-hydrogen) atoms. The van der Waals surface area contributed by atoms with E-state index >= 15 is 0 Å². The van der Waals surface area contributed by atoms with Gasteiger partial charge in [0, 0.05) is 32.0 Å². The summed E-state index contributed by atoms with van der Waals surface area (Å²) in [5.74, 6) is 0. The van der Waals surface area contributed by atoms with Crippen LogP contribution in [0, 0.1) is 0 Å². The summed E-state index contributed by atoms with van der Waals surface area (Å²) in [6.07, 6.45) is 3.57. The maximum Gasteiger partial charge on any atom is 0.321 e. The Morgan fingerprint density at radius 1 is 1.26 bits per heavy atom. The lowest BCUT2D eigenvalue weighted by molar-refractivity contribution is 0.00399. The lowest BCUT2D eigenvalue weighted by Gasteiger charge is -2.31. The average Bonchev–Trinajstić information content (AvgIpc) is 3.08. The van der Waals surface area contributed by atoms with Crippen LogP contribution < -0.4 is 5.32 Å². The number of ether oxygens (including phenoxy) is 1. The van der Waals surface area contributed by atoms with Gasteiger partial charge >= 0.3 is 6.03 Å². The summed E-state index contributed by atoms with van der Waals surface area (Å²) in [5, 5.41) is 11.0. The molecule has 1 aromatic carbocycles. The van der Waals surface area contributed by atoms with E-state index in [2.05, 4.69) is 20.6 Å². The third-order valence-corrected chi connectivity index (χ3v) is 4.78.